The number of hydrogen-bond acceptors (Lipinski definition) is 5. The minimum absolute atomic E-state index is 0.178. The summed E-state index contributed by atoms with van der Waals surface area (Å²) in [6.07, 6.45) is 0.718. The molecule has 0 heterocycles. The first kappa shape index (κ1) is 15.6. The number of methoxy groups -OCH3 is 3. The van der Waals surface area contributed by atoms with Crippen LogP contribution in [0.5, 0.6) is 17.2 Å². The van der Waals surface area contributed by atoms with Crippen molar-refractivity contribution >= 4 is 0 Å². The summed E-state index contributed by atoms with van der Waals surface area (Å²) in [6.45, 7) is 2.85. The summed E-state index contributed by atoms with van der Waals surface area (Å²) in [5, 5.41) is 12.2. The van der Waals surface area contributed by atoms with Gasteiger partial charge in [-0.1, -0.05) is 0 Å². The van der Waals surface area contributed by atoms with E-state index in [0.717, 1.165) is 17.7 Å². The standard InChI is InChI=1S/C14H23NO4/c1-10(5-6-16)15-9-11-7-13(18-3)14(19-4)8-12(11)17-2/h7-8,10,15-16H,5-6,9H2,1-4H3. The van der Waals surface area contributed by atoms with Crippen molar-refractivity contribution in [3.8, 4) is 17.2 Å². The average molecular weight is 269 g/mol. The van der Waals surface area contributed by atoms with Crippen molar-refractivity contribution in [1.82, 2.24) is 5.32 Å². The molecule has 5 nitrogen and oxygen atoms in total. The first-order valence-corrected chi connectivity index (χ1v) is 6.29. The molecule has 108 valence electrons. The predicted molar refractivity (Wildman–Crippen MR) is 74.1 cm³/mol. The van der Waals surface area contributed by atoms with Gasteiger partial charge in [0.05, 0.1) is 21.3 Å². The topological polar surface area (TPSA) is 60.0 Å². The van der Waals surface area contributed by atoms with Crippen LogP contribution in [-0.2, 0) is 6.54 Å². The number of aliphatic hydroxyl groups is 1. The van der Waals surface area contributed by atoms with Gasteiger partial charge in [0.25, 0.3) is 0 Å². The molecule has 0 saturated heterocycles. The molecule has 0 aliphatic rings. The van der Waals surface area contributed by atoms with Crippen LogP contribution in [0.15, 0.2) is 12.1 Å². The van der Waals surface area contributed by atoms with Crippen LogP contribution in [0.25, 0.3) is 0 Å². The highest BCUT2D eigenvalue weighted by Crippen LogP contribution is 2.34. The molecule has 1 atom stereocenters. The molecule has 1 unspecified atom stereocenters. The zero-order chi connectivity index (χ0) is 14.3. The van der Waals surface area contributed by atoms with Crippen molar-refractivity contribution in [1.29, 1.82) is 0 Å². The third-order valence-electron chi connectivity index (χ3n) is 2.99. The van der Waals surface area contributed by atoms with E-state index < -0.39 is 0 Å². The molecular formula is C14H23NO4. The lowest BCUT2D eigenvalue weighted by atomic mass is 10.1. The monoisotopic (exact) mass is 269 g/mol. The fourth-order valence-electron chi connectivity index (χ4n) is 1.81. The van der Waals surface area contributed by atoms with Crippen molar-refractivity contribution in [2.75, 3.05) is 27.9 Å². The molecule has 0 fully saturated rings. The van der Waals surface area contributed by atoms with E-state index in [1.807, 2.05) is 19.1 Å². The van der Waals surface area contributed by atoms with Crippen LogP contribution < -0.4 is 19.5 Å². The SMILES string of the molecule is COc1cc(OC)c(OC)cc1CNC(C)CCO. The second-order valence-corrected chi connectivity index (χ2v) is 4.31. The maximum atomic E-state index is 8.88. The number of aliphatic hydroxyl groups excluding tert-OH is 1. The molecule has 0 saturated carbocycles. The Morgan fingerprint density at radius 2 is 1.63 bits per heavy atom. The summed E-state index contributed by atoms with van der Waals surface area (Å²) < 4.78 is 15.9. The molecule has 1 aromatic rings. The third-order valence-corrected chi connectivity index (χ3v) is 2.99. The van der Waals surface area contributed by atoms with Crippen molar-refractivity contribution in [2.24, 2.45) is 0 Å². The van der Waals surface area contributed by atoms with E-state index in [4.69, 9.17) is 19.3 Å². The maximum absolute atomic E-state index is 8.88. The molecule has 2 N–H and O–H groups in total. The van der Waals surface area contributed by atoms with Gasteiger partial charge in [0.2, 0.25) is 0 Å². The normalized spacial score (nSPS) is 12.1. The Bertz CT molecular complexity index is 395. The Labute approximate surface area is 114 Å². The molecule has 0 radical (unpaired) electrons. The molecule has 0 aromatic heterocycles. The van der Waals surface area contributed by atoms with Gasteiger partial charge in [-0.2, -0.15) is 0 Å². The minimum atomic E-state index is 0.178. The van der Waals surface area contributed by atoms with Gasteiger partial charge < -0.3 is 24.6 Å². The number of benzene rings is 1. The molecule has 1 aromatic carbocycles. The summed E-state index contributed by atoms with van der Waals surface area (Å²) in [6, 6.07) is 3.95. The van der Waals surface area contributed by atoms with Gasteiger partial charge in [0, 0.05) is 30.8 Å². The van der Waals surface area contributed by atoms with E-state index in [1.165, 1.54) is 0 Å². The zero-order valence-corrected chi connectivity index (χ0v) is 12.0. The Hall–Kier alpha value is -1.46. The van der Waals surface area contributed by atoms with Gasteiger partial charge in [-0.3, -0.25) is 0 Å². The largest absolute Gasteiger partial charge is 0.496 e. The van der Waals surface area contributed by atoms with E-state index in [-0.39, 0.29) is 12.6 Å². The highest BCUT2D eigenvalue weighted by atomic mass is 16.5. The Morgan fingerprint density at radius 1 is 1.05 bits per heavy atom. The highest BCUT2D eigenvalue weighted by Gasteiger charge is 2.12. The smallest absolute Gasteiger partial charge is 0.164 e. The molecule has 5 heteroatoms. The van der Waals surface area contributed by atoms with Crippen molar-refractivity contribution in [2.45, 2.75) is 25.9 Å². The summed E-state index contributed by atoms with van der Waals surface area (Å²) in [7, 11) is 4.83. The van der Waals surface area contributed by atoms with Gasteiger partial charge in [-0.05, 0) is 19.4 Å². The van der Waals surface area contributed by atoms with E-state index in [0.29, 0.717) is 18.0 Å². The lowest BCUT2D eigenvalue weighted by Gasteiger charge is -2.17. The molecular weight excluding hydrogens is 246 g/mol. The van der Waals surface area contributed by atoms with E-state index >= 15 is 0 Å². The van der Waals surface area contributed by atoms with Crippen LogP contribution in [0.4, 0.5) is 0 Å². The number of rotatable bonds is 8. The zero-order valence-electron chi connectivity index (χ0n) is 12.0. The summed E-state index contributed by atoms with van der Waals surface area (Å²) in [5.74, 6) is 2.07. The quantitative estimate of drug-likeness (QED) is 0.750. The first-order valence-electron chi connectivity index (χ1n) is 6.29. The van der Waals surface area contributed by atoms with Gasteiger partial charge in [0.1, 0.15) is 5.75 Å². The van der Waals surface area contributed by atoms with E-state index in [2.05, 4.69) is 5.32 Å². The fourth-order valence-corrected chi connectivity index (χ4v) is 1.81. The van der Waals surface area contributed by atoms with E-state index in [9.17, 15) is 0 Å². The minimum Gasteiger partial charge on any atom is -0.496 e. The van der Waals surface area contributed by atoms with Crippen molar-refractivity contribution in [3.63, 3.8) is 0 Å². The Morgan fingerprint density at radius 3 is 2.16 bits per heavy atom. The molecule has 1 rings (SSSR count). The molecule has 0 amide bonds. The summed E-state index contributed by atoms with van der Waals surface area (Å²) in [5.41, 5.74) is 0.991. The molecule has 0 spiro atoms. The molecule has 0 aliphatic heterocycles. The third kappa shape index (κ3) is 4.29. The van der Waals surface area contributed by atoms with Gasteiger partial charge in [0.15, 0.2) is 11.5 Å². The Balaban J connectivity index is 2.86. The number of hydrogen-bond donors (Lipinski definition) is 2. The van der Waals surface area contributed by atoms with Crippen LogP contribution in [0.2, 0.25) is 0 Å². The van der Waals surface area contributed by atoms with Crippen LogP contribution >= 0.6 is 0 Å². The summed E-state index contributed by atoms with van der Waals surface area (Å²) >= 11 is 0. The lowest BCUT2D eigenvalue weighted by molar-refractivity contribution is 0.268. The second kappa shape index (κ2) is 7.86. The second-order valence-electron chi connectivity index (χ2n) is 4.31. The van der Waals surface area contributed by atoms with Crippen LogP contribution in [0, 0.1) is 0 Å². The van der Waals surface area contributed by atoms with Crippen molar-refractivity contribution in [3.05, 3.63) is 17.7 Å². The number of nitrogens with one attached hydrogen (secondary N) is 1. The molecule has 0 aliphatic carbocycles. The maximum Gasteiger partial charge on any atom is 0.164 e. The van der Waals surface area contributed by atoms with Crippen LogP contribution in [0.3, 0.4) is 0 Å². The highest BCUT2D eigenvalue weighted by molar-refractivity contribution is 5.50. The Kier molecular flexibility index (Phi) is 6.45. The fraction of sp³-hybridized carbons (Fsp3) is 0.571. The van der Waals surface area contributed by atoms with Crippen LogP contribution in [0.1, 0.15) is 18.9 Å². The van der Waals surface area contributed by atoms with Gasteiger partial charge in [-0.15, -0.1) is 0 Å². The van der Waals surface area contributed by atoms with E-state index in [1.54, 1.807) is 21.3 Å². The predicted octanol–water partition coefficient (Wildman–Crippen LogP) is 1.57. The summed E-state index contributed by atoms with van der Waals surface area (Å²) in [4.78, 5) is 0. The van der Waals surface area contributed by atoms with Crippen LogP contribution in [-0.4, -0.2) is 39.1 Å². The molecule has 0 bridgehead atoms. The van der Waals surface area contributed by atoms with Crippen molar-refractivity contribution < 1.29 is 19.3 Å². The van der Waals surface area contributed by atoms with Gasteiger partial charge in [-0.25, -0.2) is 0 Å². The number of ether oxygens (including phenoxy) is 3. The van der Waals surface area contributed by atoms with Gasteiger partial charge >= 0.3 is 0 Å². The first-order chi connectivity index (χ1) is 9.15. The average Bonchev–Trinajstić information content (AvgIpc) is 2.44. The lowest BCUT2D eigenvalue weighted by Crippen LogP contribution is -2.26. The molecule has 19 heavy (non-hydrogen) atoms.